The summed E-state index contributed by atoms with van der Waals surface area (Å²) in [6, 6.07) is 0. The van der Waals surface area contributed by atoms with Crippen molar-refractivity contribution in [3.63, 3.8) is 0 Å². The molecule has 2 nitrogen and oxygen atoms in total. The van der Waals surface area contributed by atoms with E-state index in [0.717, 1.165) is 0 Å². The van der Waals surface area contributed by atoms with Crippen LogP contribution in [0.3, 0.4) is 0 Å². The molecule has 0 N–H and O–H groups in total. The first-order chi connectivity index (χ1) is 3.27. The van der Waals surface area contributed by atoms with Crippen LogP contribution in [0.5, 0.6) is 0 Å². The highest BCUT2D eigenvalue weighted by atomic mass is 32.2. The van der Waals surface area contributed by atoms with Crippen LogP contribution in [0.4, 0.5) is 0 Å². The number of nitrogens with zero attached hydrogens (tertiary/aromatic N) is 1. The van der Waals surface area contributed by atoms with Crippen molar-refractivity contribution in [1.82, 2.24) is 0 Å². The molecule has 0 aromatic rings. The molecule has 0 saturated carbocycles. The van der Waals surface area contributed by atoms with Crippen molar-refractivity contribution < 1.29 is 4.55 Å². The molecule has 0 heterocycles. The Hall–Kier alpha value is -0.240. The van der Waals surface area contributed by atoms with Gasteiger partial charge in [-0.3, -0.25) is 0 Å². The van der Waals surface area contributed by atoms with Crippen LogP contribution in [0.15, 0.2) is 11.6 Å². The quantitative estimate of drug-likeness (QED) is 0.375. The van der Waals surface area contributed by atoms with Gasteiger partial charge in [-0.25, -0.2) is 0 Å². The summed E-state index contributed by atoms with van der Waals surface area (Å²) in [4.78, 5) is 3.51. The van der Waals surface area contributed by atoms with Gasteiger partial charge < -0.3 is 4.55 Å². The molecule has 0 bridgehead atoms. The van der Waals surface area contributed by atoms with Crippen LogP contribution in [0.1, 0.15) is 0 Å². The van der Waals surface area contributed by atoms with E-state index in [0.29, 0.717) is 5.88 Å². The number of hydrogen-bond donors (Lipinski definition) is 0. The minimum absolute atomic E-state index is 0.323. The highest BCUT2D eigenvalue weighted by Crippen LogP contribution is 1.79. The summed E-state index contributed by atoms with van der Waals surface area (Å²) in [5.41, 5.74) is 0. The summed E-state index contributed by atoms with van der Waals surface area (Å²) < 4.78 is 10.2. The van der Waals surface area contributed by atoms with Crippen molar-refractivity contribution in [1.29, 1.82) is 0 Å². The fraction of sp³-hybridized carbons (Fsp3) is 0.500. The molecule has 0 aliphatic carbocycles. The molecule has 0 aromatic heterocycles. The van der Waals surface area contributed by atoms with Crippen molar-refractivity contribution in [2.24, 2.45) is 4.99 Å². The summed E-state index contributed by atoms with van der Waals surface area (Å²) in [5.74, 6) is 2.60. The van der Waals surface area contributed by atoms with Gasteiger partial charge >= 0.3 is 0 Å². The van der Waals surface area contributed by atoms with Gasteiger partial charge in [-0.2, -0.15) is 4.99 Å². The Bertz CT molecular complexity index is 85.7. The lowest BCUT2D eigenvalue weighted by Crippen LogP contribution is -1.98. The zero-order valence-corrected chi connectivity index (χ0v) is 4.99. The van der Waals surface area contributed by atoms with E-state index < -0.39 is 11.2 Å². The van der Waals surface area contributed by atoms with Gasteiger partial charge in [0, 0.05) is 0 Å². The molecule has 0 spiro atoms. The van der Waals surface area contributed by atoms with Gasteiger partial charge in [-0.1, -0.05) is 0 Å². The Morgan fingerprint density at radius 2 is 2.57 bits per heavy atom. The third-order valence-corrected chi connectivity index (χ3v) is 0.851. The minimum atomic E-state index is -0.835. The van der Waals surface area contributed by atoms with Gasteiger partial charge in [0.25, 0.3) is 0 Å². The molecule has 1 atom stereocenters. The molecule has 3 heteroatoms. The van der Waals surface area contributed by atoms with E-state index in [1.807, 2.05) is 0 Å². The molecule has 0 saturated heterocycles. The fourth-order valence-corrected chi connectivity index (χ4v) is 0.410. The Morgan fingerprint density at radius 3 is 2.71 bits per heavy atom. The molecule has 0 amide bonds. The Morgan fingerprint density at radius 1 is 2.00 bits per heavy atom. The van der Waals surface area contributed by atoms with Gasteiger partial charge in [0.2, 0.25) is 5.88 Å². The van der Waals surface area contributed by atoms with E-state index in [-0.39, 0.29) is 0 Å². The second kappa shape index (κ2) is 3.93. The van der Waals surface area contributed by atoms with Crippen LogP contribution in [0, 0.1) is 0 Å². The van der Waals surface area contributed by atoms with Crippen molar-refractivity contribution in [2.45, 2.75) is 0 Å². The second-order valence-corrected chi connectivity index (χ2v) is 2.42. The number of aliphatic imine (C=N–C) groups is 1. The van der Waals surface area contributed by atoms with Crippen molar-refractivity contribution in [3.05, 3.63) is 6.58 Å². The SMILES string of the molecule is C=C=NC[S+](C)[O-]. The zero-order valence-electron chi connectivity index (χ0n) is 4.18. The molecular formula is C4H7NOS. The third-order valence-electron chi connectivity index (χ3n) is 0.358. The maximum atomic E-state index is 10.2. The summed E-state index contributed by atoms with van der Waals surface area (Å²) in [6.07, 6.45) is 1.58. The van der Waals surface area contributed by atoms with Crippen LogP contribution in [0.25, 0.3) is 0 Å². The maximum absolute atomic E-state index is 10.2. The van der Waals surface area contributed by atoms with E-state index in [1.54, 1.807) is 6.26 Å². The lowest BCUT2D eigenvalue weighted by Gasteiger charge is -1.95. The van der Waals surface area contributed by atoms with Crippen LogP contribution >= 0.6 is 0 Å². The van der Waals surface area contributed by atoms with Gasteiger partial charge in [0.05, 0.1) is 6.26 Å². The first kappa shape index (κ1) is 6.76. The largest absolute Gasteiger partial charge is 0.615 e. The summed E-state index contributed by atoms with van der Waals surface area (Å²) in [6.45, 7) is 3.21. The molecule has 0 fully saturated rings. The van der Waals surface area contributed by atoms with E-state index in [2.05, 4.69) is 17.4 Å². The van der Waals surface area contributed by atoms with E-state index in [9.17, 15) is 4.55 Å². The minimum Gasteiger partial charge on any atom is -0.615 e. The summed E-state index contributed by atoms with van der Waals surface area (Å²) in [7, 11) is 0. The Kier molecular flexibility index (Phi) is 3.80. The van der Waals surface area contributed by atoms with E-state index in [1.165, 1.54) is 0 Å². The molecule has 0 radical (unpaired) electrons. The van der Waals surface area contributed by atoms with Crippen LogP contribution in [-0.4, -0.2) is 22.6 Å². The first-order valence-electron chi connectivity index (χ1n) is 1.76. The van der Waals surface area contributed by atoms with Crippen molar-refractivity contribution >= 4 is 17.0 Å². The second-order valence-electron chi connectivity index (χ2n) is 1.02. The standard InChI is InChI=1S/C4H7NOS/c1-3-5-4-7(2)6/h1,4H2,2H3. The molecule has 1 unspecified atom stereocenters. The Balaban J connectivity index is 3.13. The third kappa shape index (κ3) is 5.76. The van der Waals surface area contributed by atoms with E-state index in [4.69, 9.17) is 0 Å². The van der Waals surface area contributed by atoms with E-state index >= 15 is 0 Å². The molecular weight excluding hydrogens is 110 g/mol. The number of rotatable bonds is 2. The molecule has 7 heavy (non-hydrogen) atoms. The van der Waals surface area contributed by atoms with Crippen LogP contribution in [-0.2, 0) is 11.2 Å². The molecule has 40 valence electrons. The molecule has 0 aliphatic heterocycles. The lowest BCUT2D eigenvalue weighted by molar-refractivity contribution is 0.601. The number of hydrogen-bond acceptors (Lipinski definition) is 2. The topological polar surface area (TPSA) is 35.4 Å². The van der Waals surface area contributed by atoms with Crippen LogP contribution in [0.2, 0.25) is 0 Å². The maximum Gasteiger partial charge on any atom is 0.203 e. The van der Waals surface area contributed by atoms with Gasteiger partial charge in [0.15, 0.2) is 0 Å². The monoisotopic (exact) mass is 117 g/mol. The highest BCUT2D eigenvalue weighted by Gasteiger charge is 1.86. The normalized spacial score (nSPS) is 12.3. The smallest absolute Gasteiger partial charge is 0.203 e. The highest BCUT2D eigenvalue weighted by molar-refractivity contribution is 7.90. The van der Waals surface area contributed by atoms with Crippen molar-refractivity contribution in [3.8, 4) is 0 Å². The predicted octanol–water partition coefficient (Wildman–Crippen LogP) is 0.178. The van der Waals surface area contributed by atoms with Gasteiger partial charge in [-0.15, -0.1) is 0 Å². The lowest BCUT2D eigenvalue weighted by atomic mass is 11.1. The molecule has 0 aliphatic rings. The van der Waals surface area contributed by atoms with Gasteiger partial charge in [-0.05, 0) is 23.6 Å². The average molecular weight is 117 g/mol. The van der Waals surface area contributed by atoms with Gasteiger partial charge in [0.1, 0.15) is 0 Å². The molecule has 0 rings (SSSR count). The first-order valence-corrected chi connectivity index (χ1v) is 3.48. The fourth-order valence-electron chi connectivity index (χ4n) is 0.137. The average Bonchev–Trinajstić information content (AvgIpc) is 1.61. The van der Waals surface area contributed by atoms with Crippen LogP contribution < -0.4 is 0 Å². The predicted molar refractivity (Wildman–Crippen MR) is 32.0 cm³/mol. The summed E-state index contributed by atoms with van der Waals surface area (Å²) >= 11 is -0.835. The Labute approximate surface area is 46.1 Å². The van der Waals surface area contributed by atoms with Crippen molar-refractivity contribution in [2.75, 3.05) is 12.1 Å². The zero-order chi connectivity index (χ0) is 5.70. The molecule has 0 aromatic carbocycles. The summed E-state index contributed by atoms with van der Waals surface area (Å²) in [5, 5.41) is 0.